The van der Waals surface area contributed by atoms with Gasteiger partial charge in [0.2, 0.25) is 0 Å². The van der Waals surface area contributed by atoms with Gasteiger partial charge in [-0.3, -0.25) is 9.19 Å². The molecule has 0 spiro atoms. The SMILES string of the molecule is Cc1cccnc1[C@@H]1CCC[C@H](Nc2cccc(C[S@@](C)=O)c2)C1. The first-order valence-corrected chi connectivity index (χ1v) is 10.4. The van der Waals surface area contributed by atoms with Crippen LogP contribution in [0.3, 0.4) is 0 Å². The second-order valence-electron chi connectivity index (χ2n) is 6.83. The maximum atomic E-state index is 11.4. The lowest BCUT2D eigenvalue weighted by Gasteiger charge is -2.31. The predicted octanol–water partition coefficient (Wildman–Crippen LogP) is 4.41. The number of aryl methyl sites for hydroxylation is 1. The maximum absolute atomic E-state index is 11.4. The molecular formula is C20H26N2OS. The number of pyridine rings is 1. The van der Waals surface area contributed by atoms with Crippen LogP contribution in [-0.4, -0.2) is 21.5 Å². The van der Waals surface area contributed by atoms with E-state index in [1.54, 1.807) is 6.26 Å². The molecule has 1 N–H and O–H groups in total. The van der Waals surface area contributed by atoms with Crippen molar-refractivity contribution in [3.8, 4) is 0 Å². The summed E-state index contributed by atoms with van der Waals surface area (Å²) in [5.41, 5.74) is 4.84. The minimum atomic E-state index is -0.801. The summed E-state index contributed by atoms with van der Waals surface area (Å²) in [5, 5.41) is 3.69. The van der Waals surface area contributed by atoms with Crippen molar-refractivity contribution in [1.82, 2.24) is 4.98 Å². The second-order valence-corrected chi connectivity index (χ2v) is 8.26. The Balaban J connectivity index is 1.67. The average Bonchev–Trinajstić information content (AvgIpc) is 2.55. The molecule has 1 aliphatic carbocycles. The van der Waals surface area contributed by atoms with Gasteiger partial charge in [0.15, 0.2) is 0 Å². The van der Waals surface area contributed by atoms with Crippen molar-refractivity contribution < 1.29 is 4.21 Å². The van der Waals surface area contributed by atoms with Gasteiger partial charge >= 0.3 is 0 Å². The molecule has 3 atom stereocenters. The van der Waals surface area contributed by atoms with Crippen LogP contribution >= 0.6 is 0 Å². The van der Waals surface area contributed by atoms with E-state index < -0.39 is 10.8 Å². The zero-order chi connectivity index (χ0) is 16.9. The quantitative estimate of drug-likeness (QED) is 0.875. The van der Waals surface area contributed by atoms with Gasteiger partial charge in [0.1, 0.15) is 0 Å². The fourth-order valence-electron chi connectivity index (χ4n) is 3.72. The van der Waals surface area contributed by atoms with E-state index in [1.165, 1.54) is 30.5 Å². The van der Waals surface area contributed by atoms with Crippen LogP contribution in [0.5, 0.6) is 0 Å². The van der Waals surface area contributed by atoms with Crippen LogP contribution in [0, 0.1) is 6.92 Å². The molecule has 1 aliphatic rings. The van der Waals surface area contributed by atoms with Crippen LogP contribution in [0.25, 0.3) is 0 Å². The van der Waals surface area contributed by atoms with Crippen molar-refractivity contribution in [2.24, 2.45) is 0 Å². The molecule has 0 bridgehead atoms. The minimum Gasteiger partial charge on any atom is -0.382 e. The molecule has 1 aromatic carbocycles. The van der Waals surface area contributed by atoms with E-state index >= 15 is 0 Å². The van der Waals surface area contributed by atoms with Crippen molar-refractivity contribution >= 4 is 16.5 Å². The van der Waals surface area contributed by atoms with Crippen LogP contribution in [0.15, 0.2) is 42.6 Å². The number of rotatable bonds is 5. The maximum Gasteiger partial charge on any atom is 0.0483 e. The third kappa shape index (κ3) is 4.44. The summed E-state index contributed by atoms with van der Waals surface area (Å²) in [6.07, 6.45) is 8.45. The monoisotopic (exact) mass is 342 g/mol. The summed E-state index contributed by atoms with van der Waals surface area (Å²) in [6, 6.07) is 13.0. The van der Waals surface area contributed by atoms with Crippen LogP contribution in [0.1, 0.15) is 48.4 Å². The molecule has 0 saturated heterocycles. The molecule has 4 heteroatoms. The number of benzene rings is 1. The number of hydrogen-bond acceptors (Lipinski definition) is 3. The molecule has 1 heterocycles. The number of nitrogens with zero attached hydrogens (tertiary/aromatic N) is 1. The van der Waals surface area contributed by atoms with Crippen molar-refractivity contribution in [1.29, 1.82) is 0 Å². The highest BCUT2D eigenvalue weighted by molar-refractivity contribution is 7.83. The van der Waals surface area contributed by atoms with E-state index in [0.29, 0.717) is 17.7 Å². The smallest absolute Gasteiger partial charge is 0.0483 e. The van der Waals surface area contributed by atoms with Crippen LogP contribution < -0.4 is 5.32 Å². The standard InChI is InChI=1S/C20H26N2OS/c1-15-6-5-11-21-20(15)17-8-4-10-19(13-17)22-18-9-3-7-16(12-18)14-24(2)23/h3,5-7,9,11-12,17,19,22H,4,8,10,13-14H2,1-2H3/t17-,19+,24-/m1/s1. The fraction of sp³-hybridized carbons (Fsp3) is 0.450. The van der Waals surface area contributed by atoms with E-state index in [1.807, 2.05) is 24.4 Å². The summed E-state index contributed by atoms with van der Waals surface area (Å²) in [4.78, 5) is 4.63. The van der Waals surface area contributed by atoms with Crippen molar-refractivity contribution in [3.05, 3.63) is 59.4 Å². The van der Waals surface area contributed by atoms with Gasteiger partial charge in [-0.25, -0.2) is 0 Å². The summed E-state index contributed by atoms with van der Waals surface area (Å²) in [6.45, 7) is 2.16. The molecule has 0 amide bonds. The van der Waals surface area contributed by atoms with E-state index in [9.17, 15) is 4.21 Å². The number of anilines is 1. The molecule has 2 aromatic rings. The Morgan fingerprint density at radius 1 is 1.25 bits per heavy atom. The summed E-state index contributed by atoms with van der Waals surface area (Å²) in [5.74, 6) is 1.17. The lowest BCUT2D eigenvalue weighted by Crippen LogP contribution is -2.27. The largest absolute Gasteiger partial charge is 0.382 e. The molecule has 0 unspecified atom stereocenters. The molecule has 1 saturated carbocycles. The Hall–Kier alpha value is -1.68. The van der Waals surface area contributed by atoms with Gasteiger partial charge in [0.25, 0.3) is 0 Å². The number of nitrogens with one attached hydrogen (secondary N) is 1. The Labute approximate surface area is 147 Å². The lowest BCUT2D eigenvalue weighted by atomic mass is 9.82. The van der Waals surface area contributed by atoms with Gasteiger partial charge in [0.05, 0.1) is 0 Å². The summed E-state index contributed by atoms with van der Waals surface area (Å²) in [7, 11) is -0.801. The lowest BCUT2D eigenvalue weighted by molar-refractivity contribution is 0.404. The predicted molar refractivity (Wildman–Crippen MR) is 102 cm³/mol. The Morgan fingerprint density at radius 3 is 2.92 bits per heavy atom. The first-order chi connectivity index (χ1) is 11.6. The highest BCUT2D eigenvalue weighted by Crippen LogP contribution is 2.34. The van der Waals surface area contributed by atoms with Crippen molar-refractivity contribution in [2.45, 2.75) is 50.3 Å². The second kappa shape index (κ2) is 7.93. The summed E-state index contributed by atoms with van der Waals surface area (Å²) >= 11 is 0. The van der Waals surface area contributed by atoms with Crippen molar-refractivity contribution in [3.63, 3.8) is 0 Å². The molecule has 3 rings (SSSR count). The Bertz CT molecular complexity index is 716. The Kier molecular flexibility index (Phi) is 5.67. The zero-order valence-electron chi connectivity index (χ0n) is 14.5. The molecule has 3 nitrogen and oxygen atoms in total. The third-order valence-electron chi connectivity index (χ3n) is 4.78. The first kappa shape index (κ1) is 17.2. The van der Waals surface area contributed by atoms with Gasteiger partial charge in [-0.2, -0.15) is 0 Å². The van der Waals surface area contributed by atoms with Gasteiger partial charge in [-0.1, -0.05) is 24.6 Å². The van der Waals surface area contributed by atoms with Crippen LogP contribution in [0.2, 0.25) is 0 Å². The molecule has 1 aromatic heterocycles. The van der Waals surface area contributed by atoms with Gasteiger partial charge < -0.3 is 5.32 Å². The minimum absolute atomic E-state index is 0.479. The topological polar surface area (TPSA) is 42.0 Å². The number of aromatic nitrogens is 1. The van der Waals surface area contributed by atoms with Gasteiger partial charge in [-0.05, 0) is 55.5 Å². The van der Waals surface area contributed by atoms with E-state index in [-0.39, 0.29) is 0 Å². The molecule has 1 fully saturated rings. The van der Waals surface area contributed by atoms with Crippen LogP contribution in [0.4, 0.5) is 5.69 Å². The van der Waals surface area contributed by atoms with Crippen molar-refractivity contribution in [2.75, 3.05) is 11.6 Å². The third-order valence-corrected chi connectivity index (χ3v) is 5.52. The molecule has 128 valence electrons. The molecule has 24 heavy (non-hydrogen) atoms. The molecule has 0 aliphatic heterocycles. The zero-order valence-corrected chi connectivity index (χ0v) is 15.3. The van der Waals surface area contributed by atoms with Gasteiger partial charge in [-0.15, -0.1) is 0 Å². The van der Waals surface area contributed by atoms with Gasteiger partial charge in [0, 0.05) is 52.3 Å². The highest BCUT2D eigenvalue weighted by atomic mass is 32.2. The normalized spacial score (nSPS) is 22.1. The number of hydrogen-bond donors (Lipinski definition) is 1. The highest BCUT2D eigenvalue weighted by Gasteiger charge is 2.25. The van der Waals surface area contributed by atoms with E-state index in [0.717, 1.165) is 17.7 Å². The Morgan fingerprint density at radius 2 is 2.12 bits per heavy atom. The summed E-state index contributed by atoms with van der Waals surface area (Å²) < 4.78 is 11.4. The van der Waals surface area contributed by atoms with E-state index in [4.69, 9.17) is 0 Å². The molecule has 0 radical (unpaired) electrons. The average molecular weight is 343 g/mol. The van der Waals surface area contributed by atoms with Crippen LogP contribution in [-0.2, 0) is 16.6 Å². The van der Waals surface area contributed by atoms with E-state index in [2.05, 4.69) is 35.4 Å². The fourth-order valence-corrected chi connectivity index (χ4v) is 4.36. The first-order valence-electron chi connectivity index (χ1n) is 8.69. The molecular weight excluding hydrogens is 316 g/mol.